The third kappa shape index (κ3) is 2.69. The van der Waals surface area contributed by atoms with Crippen molar-refractivity contribution in [3.05, 3.63) is 52.2 Å². The highest BCUT2D eigenvalue weighted by Crippen LogP contribution is 2.07. The summed E-state index contributed by atoms with van der Waals surface area (Å²) in [6.07, 6.45) is 3.38. The van der Waals surface area contributed by atoms with Crippen LogP contribution < -0.4 is 10.9 Å². The lowest BCUT2D eigenvalue weighted by Crippen LogP contribution is -2.23. The van der Waals surface area contributed by atoms with E-state index in [2.05, 4.69) is 15.4 Å². The number of rotatable bonds is 3. The molecule has 0 radical (unpaired) electrons. The summed E-state index contributed by atoms with van der Waals surface area (Å²) in [6.45, 7) is 2.23. The minimum atomic E-state index is -0.110. The Morgan fingerprint density at radius 2 is 2.24 bits per heavy atom. The van der Waals surface area contributed by atoms with Crippen molar-refractivity contribution < 1.29 is 0 Å². The van der Waals surface area contributed by atoms with Gasteiger partial charge in [-0.1, -0.05) is 0 Å². The Morgan fingerprint density at radius 1 is 1.41 bits per heavy atom. The van der Waals surface area contributed by atoms with Crippen LogP contribution in [-0.2, 0) is 6.54 Å². The van der Waals surface area contributed by atoms with Crippen molar-refractivity contribution >= 4 is 5.69 Å². The van der Waals surface area contributed by atoms with E-state index in [1.165, 1.54) is 4.68 Å². The topological polar surface area (TPSA) is 59.8 Å². The van der Waals surface area contributed by atoms with Crippen LogP contribution in [0.15, 0.2) is 35.4 Å². The third-order valence-corrected chi connectivity index (χ3v) is 2.42. The summed E-state index contributed by atoms with van der Waals surface area (Å²) >= 11 is 0. The third-order valence-electron chi connectivity index (χ3n) is 2.42. The van der Waals surface area contributed by atoms with E-state index in [0.717, 1.165) is 16.9 Å². The summed E-state index contributed by atoms with van der Waals surface area (Å²) in [4.78, 5) is 15.9. The number of hydrogen-bond acceptors (Lipinski definition) is 4. The predicted molar refractivity (Wildman–Crippen MR) is 66.1 cm³/mol. The minimum absolute atomic E-state index is 0.110. The molecule has 5 heteroatoms. The molecule has 2 aromatic rings. The normalized spacial score (nSPS) is 10.2. The van der Waals surface area contributed by atoms with Gasteiger partial charge in [-0.15, -0.1) is 0 Å². The van der Waals surface area contributed by atoms with Crippen LogP contribution in [0.2, 0.25) is 0 Å². The fraction of sp³-hybridized carbons (Fsp3) is 0.250. The fourth-order valence-corrected chi connectivity index (χ4v) is 1.52. The number of hydrogen-bond donors (Lipinski definition) is 1. The highest BCUT2D eigenvalue weighted by atomic mass is 16.1. The maximum absolute atomic E-state index is 11.7. The van der Waals surface area contributed by atoms with Crippen molar-refractivity contribution in [2.45, 2.75) is 13.5 Å². The first kappa shape index (κ1) is 11.3. The van der Waals surface area contributed by atoms with Crippen LogP contribution in [0, 0.1) is 6.92 Å². The molecule has 0 aliphatic rings. The van der Waals surface area contributed by atoms with Crippen LogP contribution in [0.4, 0.5) is 5.69 Å². The van der Waals surface area contributed by atoms with Gasteiger partial charge in [0.15, 0.2) is 0 Å². The average Bonchev–Trinajstić information content (AvgIpc) is 2.33. The molecule has 2 aromatic heterocycles. The number of anilines is 1. The van der Waals surface area contributed by atoms with Gasteiger partial charge in [-0.3, -0.25) is 9.78 Å². The van der Waals surface area contributed by atoms with Crippen LogP contribution in [-0.4, -0.2) is 21.8 Å². The summed E-state index contributed by atoms with van der Waals surface area (Å²) in [5.41, 5.74) is 2.52. The van der Waals surface area contributed by atoms with Crippen molar-refractivity contribution in [1.29, 1.82) is 0 Å². The van der Waals surface area contributed by atoms with Crippen molar-refractivity contribution in [2.75, 3.05) is 12.4 Å². The lowest BCUT2D eigenvalue weighted by Gasteiger charge is -2.05. The van der Waals surface area contributed by atoms with E-state index in [0.29, 0.717) is 6.54 Å². The molecule has 0 unspecified atom stereocenters. The molecular weight excluding hydrogens is 216 g/mol. The van der Waals surface area contributed by atoms with Gasteiger partial charge in [0.05, 0.1) is 18.4 Å². The molecule has 0 aliphatic carbocycles. The van der Waals surface area contributed by atoms with Gasteiger partial charge in [0.2, 0.25) is 0 Å². The number of nitrogens with one attached hydrogen (secondary N) is 1. The summed E-state index contributed by atoms with van der Waals surface area (Å²) in [6, 6.07) is 5.33. The van der Waals surface area contributed by atoms with E-state index < -0.39 is 0 Å². The second-order valence-electron chi connectivity index (χ2n) is 3.81. The van der Waals surface area contributed by atoms with Gasteiger partial charge in [0.1, 0.15) is 0 Å². The second-order valence-corrected chi connectivity index (χ2v) is 3.81. The molecule has 1 N–H and O–H groups in total. The van der Waals surface area contributed by atoms with Crippen molar-refractivity contribution in [3.63, 3.8) is 0 Å². The van der Waals surface area contributed by atoms with Crippen molar-refractivity contribution in [3.8, 4) is 0 Å². The highest BCUT2D eigenvalue weighted by Gasteiger charge is 2.01. The van der Waals surface area contributed by atoms with E-state index in [1.807, 2.05) is 26.1 Å². The van der Waals surface area contributed by atoms with E-state index in [9.17, 15) is 4.79 Å². The molecule has 0 aliphatic heterocycles. The molecular formula is C12H14N4O. The number of aromatic nitrogens is 3. The van der Waals surface area contributed by atoms with Crippen LogP contribution in [0.5, 0.6) is 0 Å². The Morgan fingerprint density at radius 3 is 2.94 bits per heavy atom. The fourth-order valence-electron chi connectivity index (χ4n) is 1.52. The first-order chi connectivity index (χ1) is 8.19. The van der Waals surface area contributed by atoms with Gasteiger partial charge in [-0.25, -0.2) is 4.68 Å². The van der Waals surface area contributed by atoms with Crippen LogP contribution in [0.3, 0.4) is 0 Å². The zero-order chi connectivity index (χ0) is 12.3. The number of nitrogens with zero attached hydrogens (tertiary/aromatic N) is 3. The first-order valence-corrected chi connectivity index (χ1v) is 5.35. The molecule has 0 aromatic carbocycles. The zero-order valence-corrected chi connectivity index (χ0v) is 9.84. The van der Waals surface area contributed by atoms with Crippen molar-refractivity contribution in [1.82, 2.24) is 14.8 Å². The lowest BCUT2D eigenvalue weighted by atomic mass is 10.3. The maximum atomic E-state index is 11.7. The molecule has 0 saturated heterocycles. The molecule has 17 heavy (non-hydrogen) atoms. The van der Waals surface area contributed by atoms with Gasteiger partial charge < -0.3 is 5.32 Å². The van der Waals surface area contributed by atoms with Gasteiger partial charge in [-0.05, 0) is 24.6 Å². The summed E-state index contributed by atoms with van der Waals surface area (Å²) in [5.74, 6) is 0. The lowest BCUT2D eigenvalue weighted by molar-refractivity contribution is 0.625. The smallest absolute Gasteiger partial charge is 0.267 e. The second kappa shape index (κ2) is 4.78. The van der Waals surface area contributed by atoms with E-state index >= 15 is 0 Å². The quantitative estimate of drug-likeness (QED) is 0.855. The molecule has 0 amide bonds. The molecule has 0 atom stereocenters. The Hall–Kier alpha value is -2.17. The van der Waals surface area contributed by atoms with E-state index in [4.69, 9.17) is 0 Å². The largest absolute Gasteiger partial charge is 0.388 e. The SMILES string of the molecule is CNc1ccnc(Cn2ncc(C)cc2=O)c1. The Kier molecular flexibility index (Phi) is 3.18. The van der Waals surface area contributed by atoms with Crippen molar-refractivity contribution in [2.24, 2.45) is 0 Å². The Labute approximate surface area is 99.1 Å². The molecule has 0 spiro atoms. The van der Waals surface area contributed by atoms with E-state index in [-0.39, 0.29) is 5.56 Å². The molecule has 2 heterocycles. The molecule has 88 valence electrons. The summed E-state index contributed by atoms with van der Waals surface area (Å²) in [7, 11) is 1.84. The monoisotopic (exact) mass is 230 g/mol. The van der Waals surface area contributed by atoms with Gasteiger partial charge in [-0.2, -0.15) is 5.10 Å². The molecule has 0 fully saturated rings. The zero-order valence-electron chi connectivity index (χ0n) is 9.84. The number of pyridine rings is 1. The van der Waals surface area contributed by atoms with Crippen LogP contribution >= 0.6 is 0 Å². The Balaban J connectivity index is 2.28. The average molecular weight is 230 g/mol. The van der Waals surface area contributed by atoms with Crippen LogP contribution in [0.25, 0.3) is 0 Å². The number of aryl methyl sites for hydroxylation is 1. The first-order valence-electron chi connectivity index (χ1n) is 5.35. The molecule has 0 bridgehead atoms. The van der Waals surface area contributed by atoms with E-state index in [1.54, 1.807) is 18.5 Å². The van der Waals surface area contributed by atoms with Gasteiger partial charge >= 0.3 is 0 Å². The molecule has 2 rings (SSSR count). The van der Waals surface area contributed by atoms with Gasteiger partial charge in [0.25, 0.3) is 5.56 Å². The minimum Gasteiger partial charge on any atom is -0.388 e. The standard InChI is InChI=1S/C12H14N4O/c1-9-5-12(17)16(15-7-9)8-11-6-10(13-2)3-4-14-11/h3-7H,8H2,1-2H3,(H,13,14). The summed E-state index contributed by atoms with van der Waals surface area (Å²) < 4.78 is 1.40. The predicted octanol–water partition coefficient (Wildman–Crippen LogP) is 1.04. The maximum Gasteiger partial charge on any atom is 0.267 e. The molecule has 5 nitrogen and oxygen atoms in total. The van der Waals surface area contributed by atoms with Gasteiger partial charge in [0, 0.05) is 25.0 Å². The Bertz CT molecular complexity index is 577. The summed E-state index contributed by atoms with van der Waals surface area (Å²) in [5, 5.41) is 7.10. The molecule has 0 saturated carbocycles. The van der Waals surface area contributed by atoms with Crippen LogP contribution in [0.1, 0.15) is 11.3 Å². The highest BCUT2D eigenvalue weighted by molar-refractivity contribution is 5.42.